The smallest absolute Gasteiger partial charge is 0.462 e. The van der Waals surface area contributed by atoms with Gasteiger partial charge in [-0.3, -0.25) is 37.3 Å². The fourth-order valence-electron chi connectivity index (χ4n) is 11.1. The number of aliphatic hydroxyl groups excluding tert-OH is 1. The molecule has 0 rings (SSSR count). The van der Waals surface area contributed by atoms with Gasteiger partial charge in [-0.2, -0.15) is 0 Å². The van der Waals surface area contributed by atoms with Crippen molar-refractivity contribution in [1.82, 2.24) is 0 Å². The maximum Gasteiger partial charge on any atom is 0.472 e. The van der Waals surface area contributed by atoms with Crippen LogP contribution in [0.3, 0.4) is 0 Å². The van der Waals surface area contributed by atoms with Crippen molar-refractivity contribution in [3.8, 4) is 0 Å². The van der Waals surface area contributed by atoms with E-state index in [1.54, 1.807) is 0 Å². The molecule has 546 valence electrons. The van der Waals surface area contributed by atoms with Crippen molar-refractivity contribution >= 4 is 39.5 Å². The summed E-state index contributed by atoms with van der Waals surface area (Å²) in [5.74, 6) is -0.609. The maximum absolute atomic E-state index is 13.1. The highest BCUT2D eigenvalue weighted by Gasteiger charge is 2.30. The Bertz CT molecular complexity index is 1790. The quantitative estimate of drug-likeness (QED) is 0.0222. The number of aliphatic hydroxyl groups is 1. The van der Waals surface area contributed by atoms with Crippen LogP contribution in [0.5, 0.6) is 0 Å². The number of hydrogen-bond acceptors (Lipinski definition) is 15. The highest BCUT2D eigenvalue weighted by Crippen LogP contribution is 2.45. The van der Waals surface area contributed by atoms with E-state index < -0.39 is 97.5 Å². The lowest BCUT2D eigenvalue weighted by Gasteiger charge is -2.21. The predicted octanol–water partition coefficient (Wildman–Crippen LogP) is 21.2. The molecule has 0 saturated heterocycles. The van der Waals surface area contributed by atoms with Crippen molar-refractivity contribution in [3.05, 3.63) is 0 Å². The Kier molecular flexibility index (Phi) is 63.7. The van der Waals surface area contributed by atoms with E-state index in [1.807, 2.05) is 0 Å². The highest BCUT2D eigenvalue weighted by atomic mass is 31.2. The van der Waals surface area contributed by atoms with E-state index in [-0.39, 0.29) is 25.7 Å². The third-order valence-corrected chi connectivity index (χ3v) is 18.9. The third-order valence-electron chi connectivity index (χ3n) is 17.0. The zero-order chi connectivity index (χ0) is 67.9. The van der Waals surface area contributed by atoms with Gasteiger partial charge in [0, 0.05) is 25.7 Å². The zero-order valence-electron chi connectivity index (χ0n) is 59.9. The molecule has 2 unspecified atom stereocenters. The first kappa shape index (κ1) is 90.1. The number of esters is 4. The predicted molar refractivity (Wildman–Crippen MR) is 372 cm³/mol. The molecule has 0 aromatic heterocycles. The summed E-state index contributed by atoms with van der Waals surface area (Å²) in [4.78, 5) is 72.6. The second kappa shape index (κ2) is 65.0. The first-order valence-electron chi connectivity index (χ1n) is 38.0. The molecule has 0 bridgehead atoms. The van der Waals surface area contributed by atoms with Crippen LogP contribution in [0.25, 0.3) is 0 Å². The van der Waals surface area contributed by atoms with Crippen LogP contribution >= 0.6 is 15.6 Å². The Labute approximate surface area is 562 Å². The van der Waals surface area contributed by atoms with Gasteiger partial charge in [0.25, 0.3) is 0 Å². The molecular formula is C73H142O17P2. The first-order valence-corrected chi connectivity index (χ1v) is 41.0. The van der Waals surface area contributed by atoms with Gasteiger partial charge in [0.2, 0.25) is 0 Å². The van der Waals surface area contributed by atoms with Crippen LogP contribution in [0.15, 0.2) is 0 Å². The first-order chi connectivity index (χ1) is 44.4. The molecular weight excluding hydrogens is 1210 g/mol. The van der Waals surface area contributed by atoms with E-state index >= 15 is 0 Å². The Balaban J connectivity index is 5.21. The fraction of sp³-hybridized carbons (Fsp3) is 0.945. The summed E-state index contributed by atoms with van der Waals surface area (Å²) in [7, 11) is -9.90. The average molecular weight is 1350 g/mol. The van der Waals surface area contributed by atoms with Gasteiger partial charge in [-0.15, -0.1) is 0 Å². The highest BCUT2D eigenvalue weighted by molar-refractivity contribution is 7.47. The van der Waals surface area contributed by atoms with E-state index in [2.05, 4.69) is 41.5 Å². The molecule has 0 heterocycles. The number of hydrogen-bond donors (Lipinski definition) is 3. The van der Waals surface area contributed by atoms with Gasteiger partial charge in [-0.05, 0) is 37.5 Å². The lowest BCUT2D eigenvalue weighted by molar-refractivity contribution is -0.161. The van der Waals surface area contributed by atoms with Crippen molar-refractivity contribution in [2.75, 3.05) is 39.6 Å². The number of ether oxygens (including phenoxy) is 4. The largest absolute Gasteiger partial charge is 0.472 e. The molecule has 0 aromatic carbocycles. The van der Waals surface area contributed by atoms with Crippen LogP contribution in [0.2, 0.25) is 0 Å². The summed E-state index contributed by atoms with van der Waals surface area (Å²) in [6.07, 6.45) is 51.4. The van der Waals surface area contributed by atoms with Gasteiger partial charge in [-0.25, -0.2) is 9.13 Å². The monoisotopic (exact) mass is 1350 g/mol. The molecule has 92 heavy (non-hydrogen) atoms. The van der Waals surface area contributed by atoms with Crippen LogP contribution in [0, 0.1) is 11.8 Å². The number of rotatable bonds is 72. The van der Waals surface area contributed by atoms with Crippen molar-refractivity contribution in [1.29, 1.82) is 0 Å². The molecule has 0 aliphatic carbocycles. The summed E-state index contributed by atoms with van der Waals surface area (Å²) in [6.45, 7) is 9.53. The van der Waals surface area contributed by atoms with E-state index in [1.165, 1.54) is 186 Å². The van der Waals surface area contributed by atoms with Crippen molar-refractivity contribution in [2.24, 2.45) is 11.8 Å². The topological polar surface area (TPSA) is 237 Å². The van der Waals surface area contributed by atoms with Crippen molar-refractivity contribution in [2.45, 2.75) is 394 Å². The Morgan fingerprint density at radius 3 is 0.739 bits per heavy atom. The van der Waals surface area contributed by atoms with Crippen molar-refractivity contribution in [3.63, 3.8) is 0 Å². The summed E-state index contributed by atoms with van der Waals surface area (Å²) in [5, 5.41) is 10.6. The van der Waals surface area contributed by atoms with E-state index in [0.29, 0.717) is 25.7 Å². The minimum Gasteiger partial charge on any atom is -0.462 e. The van der Waals surface area contributed by atoms with Gasteiger partial charge < -0.3 is 33.8 Å². The lowest BCUT2D eigenvalue weighted by atomic mass is 10.0. The second-order valence-corrected chi connectivity index (χ2v) is 30.2. The lowest BCUT2D eigenvalue weighted by Crippen LogP contribution is -2.30. The third kappa shape index (κ3) is 66.7. The molecule has 0 amide bonds. The van der Waals surface area contributed by atoms with Crippen LogP contribution in [-0.2, 0) is 65.4 Å². The Hall–Kier alpha value is -1.94. The zero-order valence-corrected chi connectivity index (χ0v) is 61.6. The molecule has 5 atom stereocenters. The average Bonchev–Trinajstić information content (AvgIpc) is 2.18. The molecule has 0 fully saturated rings. The van der Waals surface area contributed by atoms with Crippen LogP contribution in [-0.4, -0.2) is 96.7 Å². The Morgan fingerprint density at radius 2 is 0.500 bits per heavy atom. The molecule has 0 aliphatic heterocycles. The number of phosphoric acid groups is 2. The minimum absolute atomic E-state index is 0.104. The van der Waals surface area contributed by atoms with Gasteiger partial charge in [0.05, 0.1) is 26.4 Å². The van der Waals surface area contributed by atoms with E-state index in [0.717, 1.165) is 108 Å². The minimum atomic E-state index is -4.95. The molecule has 0 spiro atoms. The normalized spacial score (nSPS) is 14.1. The number of unbranched alkanes of at least 4 members (excludes halogenated alkanes) is 42. The van der Waals surface area contributed by atoms with Gasteiger partial charge in [0.15, 0.2) is 12.2 Å². The van der Waals surface area contributed by atoms with Crippen LogP contribution < -0.4 is 0 Å². The summed E-state index contributed by atoms with van der Waals surface area (Å²) < 4.78 is 68.3. The second-order valence-electron chi connectivity index (χ2n) is 27.3. The number of carbonyl (C=O) groups is 4. The SMILES string of the molecule is CCCCCCCCCCCCCCCCCCC(=O)OC[C@H](COP(=O)(O)OC[C@@H](O)COP(=O)(O)OC[C@@H](COC(=O)CCCCCCCCCC)OC(=O)CCCCCCCCCCC(C)C)OC(=O)CCCCCCCCCCCCCCCCC(C)C. The van der Waals surface area contributed by atoms with E-state index in [4.69, 9.17) is 37.0 Å². The standard InChI is InChI=1S/C73H142O17P2/c1-7-9-11-13-15-17-18-19-20-21-25-28-31-38-44-50-56-71(76)84-62-69(89-72(77)57-51-45-39-32-29-26-23-22-24-27-30-35-41-47-53-65(3)4)64-88-92(81,82)86-60-67(74)59-85-91(79,80)87-63-68(61-83-70(75)55-49-43-37-16-14-12-10-8-2)90-73(78)58-52-46-40-34-33-36-42-48-54-66(5)6/h65-69,74H,7-64H2,1-6H3,(H,79,80)(H,81,82)/t67-,68+,69+/m0/s1. The van der Waals surface area contributed by atoms with Gasteiger partial charge in [-0.1, -0.05) is 324 Å². The molecule has 0 saturated carbocycles. The van der Waals surface area contributed by atoms with Crippen LogP contribution in [0.1, 0.15) is 375 Å². The molecule has 3 N–H and O–H groups in total. The van der Waals surface area contributed by atoms with Gasteiger partial charge in [0.1, 0.15) is 19.3 Å². The maximum atomic E-state index is 13.1. The molecule has 0 radical (unpaired) electrons. The van der Waals surface area contributed by atoms with Crippen LogP contribution in [0.4, 0.5) is 0 Å². The number of carbonyl (C=O) groups excluding carboxylic acids is 4. The van der Waals surface area contributed by atoms with Gasteiger partial charge >= 0.3 is 39.5 Å². The summed E-state index contributed by atoms with van der Waals surface area (Å²) in [6, 6.07) is 0. The molecule has 0 aliphatic rings. The Morgan fingerprint density at radius 1 is 0.293 bits per heavy atom. The van der Waals surface area contributed by atoms with Crippen molar-refractivity contribution < 1.29 is 80.2 Å². The molecule has 17 nitrogen and oxygen atoms in total. The summed E-state index contributed by atoms with van der Waals surface area (Å²) in [5.41, 5.74) is 0. The fourth-order valence-corrected chi connectivity index (χ4v) is 12.7. The number of phosphoric ester groups is 2. The summed E-state index contributed by atoms with van der Waals surface area (Å²) >= 11 is 0. The molecule has 19 heteroatoms. The van der Waals surface area contributed by atoms with E-state index in [9.17, 15) is 43.2 Å². The molecule has 0 aromatic rings.